The van der Waals surface area contributed by atoms with Gasteiger partial charge in [0.05, 0.1) is 18.0 Å². The van der Waals surface area contributed by atoms with Gasteiger partial charge in [-0.25, -0.2) is 9.78 Å². The molecule has 0 saturated carbocycles. The molecule has 168 valence electrons. The summed E-state index contributed by atoms with van der Waals surface area (Å²) in [6, 6.07) is 16.2. The van der Waals surface area contributed by atoms with Crippen molar-refractivity contribution >= 4 is 34.4 Å². The quantitative estimate of drug-likeness (QED) is 0.578. The molecule has 0 unspecified atom stereocenters. The van der Waals surface area contributed by atoms with E-state index in [1.807, 2.05) is 24.3 Å². The van der Waals surface area contributed by atoms with Gasteiger partial charge in [0.1, 0.15) is 6.61 Å². The highest BCUT2D eigenvalue weighted by atomic mass is 32.1. The predicted molar refractivity (Wildman–Crippen MR) is 122 cm³/mol. The van der Waals surface area contributed by atoms with Crippen molar-refractivity contribution in [3.05, 3.63) is 70.7 Å². The second-order valence-electron chi connectivity index (χ2n) is 8.11. The lowest BCUT2D eigenvalue weighted by atomic mass is 9.98. The van der Waals surface area contributed by atoms with Crippen molar-refractivity contribution in [2.75, 3.05) is 25.0 Å². The number of aliphatic carboxylic acids is 1. The molecule has 0 radical (unpaired) electrons. The minimum absolute atomic E-state index is 0.0289. The van der Waals surface area contributed by atoms with Crippen molar-refractivity contribution in [3.63, 3.8) is 0 Å². The summed E-state index contributed by atoms with van der Waals surface area (Å²) in [7, 11) is 0. The number of rotatable bonds is 6. The van der Waals surface area contributed by atoms with Crippen LogP contribution in [0, 0.1) is 5.92 Å². The van der Waals surface area contributed by atoms with Gasteiger partial charge in [0.15, 0.2) is 5.13 Å². The molecule has 2 heterocycles. The first kappa shape index (κ1) is 21.1. The van der Waals surface area contributed by atoms with Gasteiger partial charge in [-0.05, 0) is 22.3 Å². The number of carboxylic acid groups (broad SMARTS) is 1. The minimum atomic E-state index is -0.887. The van der Waals surface area contributed by atoms with Gasteiger partial charge in [-0.3, -0.25) is 14.9 Å². The number of aromatic nitrogens is 1. The number of carboxylic acids is 1. The molecule has 1 aliphatic carbocycles. The van der Waals surface area contributed by atoms with Crippen LogP contribution >= 0.6 is 11.3 Å². The van der Waals surface area contributed by atoms with E-state index in [0.717, 1.165) is 22.3 Å². The Hall–Kier alpha value is -3.72. The second kappa shape index (κ2) is 8.67. The van der Waals surface area contributed by atoms with Crippen LogP contribution in [-0.2, 0) is 20.7 Å². The molecule has 5 rings (SSSR count). The van der Waals surface area contributed by atoms with Crippen molar-refractivity contribution < 1.29 is 24.2 Å². The number of hydrogen-bond acceptors (Lipinski definition) is 6. The third-order valence-corrected chi connectivity index (χ3v) is 6.83. The molecule has 2 N–H and O–H groups in total. The Morgan fingerprint density at radius 3 is 2.33 bits per heavy atom. The Labute approximate surface area is 193 Å². The summed E-state index contributed by atoms with van der Waals surface area (Å²) in [5.74, 6) is -1.58. The van der Waals surface area contributed by atoms with Gasteiger partial charge < -0.3 is 14.7 Å². The molecule has 2 aromatic carbocycles. The van der Waals surface area contributed by atoms with Crippen LogP contribution < -0.4 is 5.32 Å². The number of ether oxygens (including phenoxy) is 1. The summed E-state index contributed by atoms with van der Waals surface area (Å²) in [6.07, 6.45) is -0.536. The van der Waals surface area contributed by atoms with Crippen LogP contribution in [0.5, 0.6) is 0 Å². The number of likely N-dealkylation sites (tertiary alicyclic amines) is 1. The van der Waals surface area contributed by atoms with Crippen LogP contribution in [0.1, 0.15) is 22.7 Å². The molecule has 1 aromatic heterocycles. The Morgan fingerprint density at radius 2 is 1.70 bits per heavy atom. The molecule has 8 nitrogen and oxygen atoms in total. The van der Waals surface area contributed by atoms with E-state index in [-0.39, 0.29) is 37.9 Å². The Bertz CT molecular complexity index is 1190. The first-order valence-electron chi connectivity index (χ1n) is 10.6. The highest BCUT2D eigenvalue weighted by Gasteiger charge is 2.35. The third kappa shape index (κ3) is 4.19. The molecule has 3 aromatic rings. The Morgan fingerprint density at radius 1 is 1.06 bits per heavy atom. The van der Waals surface area contributed by atoms with Crippen molar-refractivity contribution in [2.45, 2.75) is 12.3 Å². The second-order valence-corrected chi connectivity index (χ2v) is 8.96. The normalized spacial score (nSPS) is 14.8. The average Bonchev–Trinajstić information content (AvgIpc) is 3.33. The molecule has 1 saturated heterocycles. The summed E-state index contributed by atoms with van der Waals surface area (Å²) in [4.78, 5) is 41.3. The number of carbonyl (C=O) groups is 3. The predicted octanol–water partition coefficient (Wildman–Crippen LogP) is 3.59. The van der Waals surface area contributed by atoms with E-state index in [0.29, 0.717) is 10.8 Å². The molecule has 2 amide bonds. The van der Waals surface area contributed by atoms with Crippen LogP contribution in [0.15, 0.2) is 53.9 Å². The molecule has 0 atom stereocenters. The fourth-order valence-corrected chi connectivity index (χ4v) is 4.97. The number of amides is 2. The molecule has 1 aliphatic heterocycles. The highest BCUT2D eigenvalue weighted by molar-refractivity contribution is 7.13. The SMILES string of the molecule is O=C(Nc1nc(CC(=O)N2CC(C(=O)O)C2)cs1)OCC1c2ccccc2-c2ccccc21. The topological polar surface area (TPSA) is 109 Å². The number of hydrogen-bond donors (Lipinski definition) is 2. The van der Waals surface area contributed by atoms with Crippen molar-refractivity contribution in [3.8, 4) is 11.1 Å². The van der Waals surface area contributed by atoms with Crippen LogP contribution in [0.4, 0.5) is 9.93 Å². The fourth-order valence-electron chi connectivity index (χ4n) is 4.27. The van der Waals surface area contributed by atoms with Crippen molar-refractivity contribution in [1.29, 1.82) is 0 Å². The zero-order valence-corrected chi connectivity index (χ0v) is 18.4. The Kier molecular flexibility index (Phi) is 5.55. The summed E-state index contributed by atoms with van der Waals surface area (Å²) < 4.78 is 5.52. The smallest absolute Gasteiger partial charge is 0.413 e. The number of nitrogens with one attached hydrogen (secondary N) is 1. The summed E-state index contributed by atoms with van der Waals surface area (Å²) in [5, 5.41) is 13.6. The zero-order chi connectivity index (χ0) is 22.9. The van der Waals surface area contributed by atoms with Gasteiger partial charge >= 0.3 is 12.1 Å². The number of fused-ring (bicyclic) bond motifs is 3. The van der Waals surface area contributed by atoms with E-state index in [1.54, 1.807) is 5.38 Å². The maximum atomic E-state index is 12.4. The van der Waals surface area contributed by atoms with E-state index >= 15 is 0 Å². The maximum absolute atomic E-state index is 12.4. The molecular formula is C24H21N3O5S. The van der Waals surface area contributed by atoms with Gasteiger partial charge in [0.25, 0.3) is 0 Å². The Balaban J connectivity index is 1.16. The van der Waals surface area contributed by atoms with Gasteiger partial charge in [0.2, 0.25) is 5.91 Å². The lowest BCUT2D eigenvalue weighted by molar-refractivity contribution is -0.152. The number of anilines is 1. The van der Waals surface area contributed by atoms with E-state index in [2.05, 4.69) is 34.6 Å². The van der Waals surface area contributed by atoms with Crippen molar-refractivity contribution in [1.82, 2.24) is 9.88 Å². The monoisotopic (exact) mass is 463 g/mol. The largest absolute Gasteiger partial charge is 0.481 e. The molecule has 2 aliphatic rings. The number of carbonyl (C=O) groups excluding carboxylic acids is 2. The van der Waals surface area contributed by atoms with Gasteiger partial charge in [0, 0.05) is 24.4 Å². The first-order valence-corrected chi connectivity index (χ1v) is 11.4. The van der Waals surface area contributed by atoms with Gasteiger partial charge in [-0.15, -0.1) is 11.3 Å². The van der Waals surface area contributed by atoms with Gasteiger partial charge in [-0.1, -0.05) is 48.5 Å². The lowest BCUT2D eigenvalue weighted by Crippen LogP contribution is -2.53. The third-order valence-electron chi connectivity index (χ3n) is 6.02. The fraction of sp³-hybridized carbons (Fsp3) is 0.250. The van der Waals surface area contributed by atoms with E-state index in [4.69, 9.17) is 9.84 Å². The van der Waals surface area contributed by atoms with Crippen LogP contribution in [-0.4, -0.2) is 52.7 Å². The lowest BCUT2D eigenvalue weighted by Gasteiger charge is -2.36. The minimum Gasteiger partial charge on any atom is -0.481 e. The summed E-state index contributed by atoms with van der Waals surface area (Å²) >= 11 is 1.21. The zero-order valence-electron chi connectivity index (χ0n) is 17.6. The maximum Gasteiger partial charge on any atom is 0.413 e. The van der Waals surface area contributed by atoms with E-state index < -0.39 is 18.0 Å². The van der Waals surface area contributed by atoms with Crippen LogP contribution in [0.3, 0.4) is 0 Å². The molecule has 9 heteroatoms. The number of thiazole rings is 1. The molecular weight excluding hydrogens is 442 g/mol. The number of nitrogens with zero attached hydrogens (tertiary/aromatic N) is 2. The van der Waals surface area contributed by atoms with Crippen LogP contribution in [0.2, 0.25) is 0 Å². The molecule has 1 fully saturated rings. The van der Waals surface area contributed by atoms with E-state index in [1.165, 1.54) is 16.2 Å². The first-order chi connectivity index (χ1) is 16.0. The number of benzene rings is 2. The average molecular weight is 464 g/mol. The van der Waals surface area contributed by atoms with E-state index in [9.17, 15) is 14.4 Å². The summed E-state index contributed by atoms with van der Waals surface area (Å²) in [6.45, 7) is 0.655. The molecule has 0 bridgehead atoms. The molecule has 33 heavy (non-hydrogen) atoms. The molecule has 0 spiro atoms. The summed E-state index contributed by atoms with van der Waals surface area (Å²) in [5.41, 5.74) is 5.12. The highest BCUT2D eigenvalue weighted by Crippen LogP contribution is 2.44. The van der Waals surface area contributed by atoms with Crippen molar-refractivity contribution in [2.24, 2.45) is 5.92 Å². The van der Waals surface area contributed by atoms with Crippen LogP contribution in [0.25, 0.3) is 11.1 Å². The standard InChI is InChI=1S/C24H21N3O5S/c28-21(27-10-14(11-27)22(29)30)9-15-13-33-23(25-15)26-24(31)32-12-20-18-7-3-1-5-16(18)17-6-2-4-8-19(17)20/h1-8,13-14,20H,9-12H2,(H,29,30)(H,25,26,31). The van der Waals surface area contributed by atoms with Gasteiger partial charge in [-0.2, -0.15) is 0 Å².